The Balaban J connectivity index is 2.20. The van der Waals surface area contributed by atoms with Crippen molar-refractivity contribution in [1.82, 2.24) is 0 Å². The lowest BCUT2D eigenvalue weighted by molar-refractivity contribution is -0.151. The second-order valence-electron chi connectivity index (χ2n) is 6.65. The molecule has 0 saturated carbocycles. The molecule has 0 radical (unpaired) electrons. The van der Waals surface area contributed by atoms with Crippen LogP contribution in [0.4, 0.5) is 0 Å². The minimum Gasteiger partial charge on any atom is -0.461 e. The van der Waals surface area contributed by atoms with Gasteiger partial charge in [0, 0.05) is 0 Å². The average molecular weight is 254 g/mol. The molecule has 0 aromatic heterocycles. The lowest BCUT2D eigenvalue weighted by Crippen LogP contribution is -2.22. The van der Waals surface area contributed by atoms with Gasteiger partial charge in [0.25, 0.3) is 0 Å². The molecule has 0 bridgehead atoms. The molecule has 0 aromatic carbocycles. The normalized spacial score (nSPS) is 22.8. The molecule has 0 N–H and O–H groups in total. The Morgan fingerprint density at radius 1 is 1.39 bits per heavy atom. The molecule has 0 spiro atoms. The Morgan fingerprint density at radius 2 is 1.94 bits per heavy atom. The molecule has 1 aliphatic heterocycles. The van der Waals surface area contributed by atoms with E-state index in [1.165, 1.54) is 5.57 Å². The van der Waals surface area contributed by atoms with E-state index in [1.54, 1.807) is 0 Å². The van der Waals surface area contributed by atoms with Crippen LogP contribution in [0, 0.1) is 5.41 Å². The van der Waals surface area contributed by atoms with Gasteiger partial charge >= 0.3 is 5.97 Å². The molecule has 104 valence electrons. The first kappa shape index (κ1) is 15.2. The van der Waals surface area contributed by atoms with Crippen molar-refractivity contribution in [2.24, 2.45) is 5.41 Å². The zero-order valence-electron chi connectivity index (χ0n) is 12.5. The van der Waals surface area contributed by atoms with E-state index in [-0.39, 0.29) is 11.6 Å². The zero-order chi connectivity index (χ0) is 14.0. The van der Waals surface area contributed by atoms with Gasteiger partial charge in [0.2, 0.25) is 0 Å². The van der Waals surface area contributed by atoms with Crippen molar-refractivity contribution in [1.29, 1.82) is 0 Å². The van der Waals surface area contributed by atoms with E-state index in [9.17, 15) is 4.79 Å². The van der Waals surface area contributed by atoms with Gasteiger partial charge in [-0.15, -0.1) is 0 Å². The Labute approximate surface area is 111 Å². The number of epoxide rings is 1. The first-order chi connectivity index (χ1) is 8.13. The molecular weight excluding hydrogens is 228 g/mol. The largest absolute Gasteiger partial charge is 0.461 e. The SMILES string of the molecule is C/C(=C\COC(=O)C(C)(C)C)CC[C@@H]1OC1(C)C. The van der Waals surface area contributed by atoms with Crippen LogP contribution in [-0.2, 0) is 14.3 Å². The Morgan fingerprint density at radius 3 is 2.39 bits per heavy atom. The molecule has 1 fully saturated rings. The standard InChI is InChI=1S/C15H26O3/c1-11(7-8-12-15(5,6)18-12)9-10-17-13(16)14(2,3)4/h9,12H,7-8,10H2,1-6H3/b11-9+/t12-/m0/s1. The fraction of sp³-hybridized carbons (Fsp3) is 0.800. The second-order valence-corrected chi connectivity index (χ2v) is 6.65. The second kappa shape index (κ2) is 5.43. The van der Waals surface area contributed by atoms with Gasteiger partial charge in [-0.05, 0) is 60.5 Å². The maximum atomic E-state index is 11.5. The summed E-state index contributed by atoms with van der Waals surface area (Å²) in [5.41, 5.74) is 0.898. The molecule has 3 heteroatoms. The molecule has 18 heavy (non-hydrogen) atoms. The summed E-state index contributed by atoms with van der Waals surface area (Å²) in [6.07, 6.45) is 4.42. The highest BCUT2D eigenvalue weighted by molar-refractivity contribution is 5.75. The summed E-state index contributed by atoms with van der Waals surface area (Å²) < 4.78 is 10.7. The van der Waals surface area contributed by atoms with Gasteiger partial charge in [0.1, 0.15) is 6.61 Å². The number of hydrogen-bond donors (Lipinski definition) is 0. The van der Waals surface area contributed by atoms with Crippen molar-refractivity contribution in [3.8, 4) is 0 Å². The highest BCUT2D eigenvalue weighted by Gasteiger charge is 2.46. The van der Waals surface area contributed by atoms with Gasteiger partial charge in [0.15, 0.2) is 0 Å². The van der Waals surface area contributed by atoms with Gasteiger partial charge < -0.3 is 9.47 Å². The van der Waals surface area contributed by atoms with Crippen LogP contribution >= 0.6 is 0 Å². The lowest BCUT2D eigenvalue weighted by Gasteiger charge is -2.15. The lowest BCUT2D eigenvalue weighted by atomic mass is 9.97. The molecule has 1 heterocycles. The first-order valence-corrected chi connectivity index (χ1v) is 6.63. The number of hydrogen-bond acceptors (Lipinski definition) is 3. The molecule has 0 amide bonds. The number of carbonyl (C=O) groups is 1. The molecule has 0 unspecified atom stereocenters. The average Bonchev–Trinajstić information content (AvgIpc) is 2.82. The summed E-state index contributed by atoms with van der Waals surface area (Å²) in [6.45, 7) is 12.2. The molecule has 1 saturated heterocycles. The first-order valence-electron chi connectivity index (χ1n) is 6.63. The maximum Gasteiger partial charge on any atom is 0.311 e. The van der Waals surface area contributed by atoms with E-state index in [1.807, 2.05) is 26.8 Å². The number of carbonyl (C=O) groups excluding carboxylic acids is 1. The number of ether oxygens (including phenoxy) is 2. The van der Waals surface area contributed by atoms with E-state index in [4.69, 9.17) is 9.47 Å². The van der Waals surface area contributed by atoms with E-state index in [2.05, 4.69) is 20.8 Å². The highest BCUT2D eigenvalue weighted by Crippen LogP contribution is 2.38. The predicted octanol–water partition coefficient (Wildman–Crippen LogP) is 3.48. The third-order valence-electron chi connectivity index (χ3n) is 3.22. The van der Waals surface area contributed by atoms with Crippen LogP contribution in [0.3, 0.4) is 0 Å². The van der Waals surface area contributed by atoms with E-state index in [0.717, 1.165) is 12.8 Å². The smallest absolute Gasteiger partial charge is 0.311 e. The predicted molar refractivity (Wildman–Crippen MR) is 72.4 cm³/mol. The Bertz CT molecular complexity index is 334. The highest BCUT2D eigenvalue weighted by atomic mass is 16.6. The van der Waals surface area contributed by atoms with Crippen LogP contribution in [0.15, 0.2) is 11.6 Å². The topological polar surface area (TPSA) is 38.8 Å². The third kappa shape index (κ3) is 4.81. The summed E-state index contributed by atoms with van der Waals surface area (Å²) in [7, 11) is 0. The minimum atomic E-state index is -0.423. The fourth-order valence-electron chi connectivity index (χ4n) is 1.68. The van der Waals surface area contributed by atoms with Crippen molar-refractivity contribution in [3.05, 3.63) is 11.6 Å². The van der Waals surface area contributed by atoms with Gasteiger partial charge in [-0.25, -0.2) is 0 Å². The van der Waals surface area contributed by atoms with Crippen LogP contribution in [0.2, 0.25) is 0 Å². The summed E-state index contributed by atoms with van der Waals surface area (Å²) in [5, 5.41) is 0. The molecule has 1 atom stereocenters. The third-order valence-corrected chi connectivity index (χ3v) is 3.22. The van der Waals surface area contributed by atoms with Crippen molar-refractivity contribution >= 4 is 5.97 Å². The van der Waals surface area contributed by atoms with Gasteiger partial charge in [-0.2, -0.15) is 0 Å². The summed E-state index contributed by atoms with van der Waals surface area (Å²) in [4.78, 5) is 11.5. The maximum absolute atomic E-state index is 11.5. The number of allylic oxidation sites excluding steroid dienone is 1. The Kier molecular flexibility index (Phi) is 4.60. The van der Waals surface area contributed by atoms with Crippen LogP contribution in [0.5, 0.6) is 0 Å². The van der Waals surface area contributed by atoms with Crippen molar-refractivity contribution in [2.75, 3.05) is 6.61 Å². The van der Waals surface area contributed by atoms with Crippen LogP contribution < -0.4 is 0 Å². The van der Waals surface area contributed by atoms with Crippen LogP contribution in [0.1, 0.15) is 54.4 Å². The van der Waals surface area contributed by atoms with Gasteiger partial charge in [-0.1, -0.05) is 5.57 Å². The summed E-state index contributed by atoms with van der Waals surface area (Å²) in [5.74, 6) is -0.154. The molecule has 1 rings (SSSR count). The van der Waals surface area contributed by atoms with Crippen LogP contribution in [0.25, 0.3) is 0 Å². The monoisotopic (exact) mass is 254 g/mol. The quantitative estimate of drug-likeness (QED) is 0.428. The molecule has 0 aliphatic carbocycles. The van der Waals surface area contributed by atoms with Gasteiger partial charge in [-0.3, -0.25) is 4.79 Å². The van der Waals surface area contributed by atoms with E-state index < -0.39 is 5.41 Å². The summed E-state index contributed by atoms with van der Waals surface area (Å²) in [6, 6.07) is 0. The van der Waals surface area contributed by atoms with Crippen molar-refractivity contribution < 1.29 is 14.3 Å². The zero-order valence-corrected chi connectivity index (χ0v) is 12.5. The molecule has 1 aliphatic rings. The summed E-state index contributed by atoms with van der Waals surface area (Å²) >= 11 is 0. The minimum absolute atomic E-state index is 0.0684. The van der Waals surface area contributed by atoms with E-state index >= 15 is 0 Å². The number of esters is 1. The van der Waals surface area contributed by atoms with E-state index in [0.29, 0.717) is 12.7 Å². The fourth-order valence-corrected chi connectivity index (χ4v) is 1.68. The van der Waals surface area contributed by atoms with Gasteiger partial charge in [0.05, 0.1) is 17.1 Å². The van der Waals surface area contributed by atoms with Crippen molar-refractivity contribution in [2.45, 2.75) is 66.1 Å². The number of rotatable bonds is 5. The molecule has 3 nitrogen and oxygen atoms in total. The van der Waals surface area contributed by atoms with Crippen molar-refractivity contribution in [3.63, 3.8) is 0 Å². The van der Waals surface area contributed by atoms with Crippen LogP contribution in [-0.4, -0.2) is 24.3 Å². The molecule has 0 aromatic rings. The molecular formula is C15H26O3. The Hall–Kier alpha value is -0.830.